The lowest BCUT2D eigenvalue weighted by Crippen LogP contribution is -2.30. The molecule has 0 fully saturated rings. The Morgan fingerprint density at radius 2 is 1.88 bits per heavy atom. The van der Waals surface area contributed by atoms with Crippen LogP contribution in [0.15, 0.2) is 53.6 Å². The van der Waals surface area contributed by atoms with Gasteiger partial charge < -0.3 is 4.74 Å². The van der Waals surface area contributed by atoms with Gasteiger partial charge in [-0.15, -0.1) is 0 Å². The van der Waals surface area contributed by atoms with Crippen molar-refractivity contribution in [2.75, 3.05) is 18.0 Å². The lowest BCUT2D eigenvalue weighted by atomic mass is 10.2. The maximum atomic E-state index is 13.2. The molecule has 3 aromatic rings. The molecule has 2 aromatic carbocycles. The average molecular weight is 411 g/mol. The van der Waals surface area contributed by atoms with Crippen molar-refractivity contribution in [3.63, 3.8) is 0 Å². The summed E-state index contributed by atoms with van der Waals surface area (Å²) in [5.41, 5.74) is 0.516. The van der Waals surface area contributed by atoms with E-state index in [1.54, 1.807) is 37.3 Å². The van der Waals surface area contributed by atoms with E-state index in [0.717, 1.165) is 0 Å². The third-order valence-corrected chi connectivity index (χ3v) is 6.48. The van der Waals surface area contributed by atoms with Gasteiger partial charge in [0.2, 0.25) is 0 Å². The van der Waals surface area contributed by atoms with E-state index in [2.05, 4.69) is 4.98 Å². The van der Waals surface area contributed by atoms with Crippen LogP contribution in [0.3, 0.4) is 0 Å². The van der Waals surface area contributed by atoms with Crippen molar-refractivity contribution in [1.29, 1.82) is 0 Å². The quantitative estimate of drug-likeness (QED) is 0.568. The number of hydrogen-bond acceptors (Lipinski definition) is 4. The summed E-state index contributed by atoms with van der Waals surface area (Å²) < 4.78 is 32.9. The van der Waals surface area contributed by atoms with Gasteiger partial charge in [0.25, 0.3) is 10.0 Å². The Kier molecular flexibility index (Phi) is 5.27. The first kappa shape index (κ1) is 18.8. The molecule has 0 N–H and O–H groups in total. The first-order valence-electron chi connectivity index (χ1n) is 7.79. The molecular weight excluding hydrogens is 395 g/mol. The molecule has 0 saturated carbocycles. The summed E-state index contributed by atoms with van der Waals surface area (Å²) in [6.45, 7) is 2.03. The smallest absolute Gasteiger partial charge is 0.264 e. The summed E-state index contributed by atoms with van der Waals surface area (Å²) in [6, 6.07) is 11.5. The zero-order valence-corrected chi connectivity index (χ0v) is 16.4. The van der Waals surface area contributed by atoms with Gasteiger partial charge in [0, 0.05) is 29.6 Å². The molecule has 0 bridgehead atoms. The summed E-state index contributed by atoms with van der Waals surface area (Å²) in [5.74, 6) is 0.577. The van der Waals surface area contributed by atoms with Gasteiger partial charge in [-0.3, -0.25) is 4.31 Å². The second-order valence-electron chi connectivity index (χ2n) is 5.48. The Labute approximate surface area is 162 Å². The highest BCUT2D eigenvalue weighted by Crippen LogP contribution is 2.32. The Bertz CT molecular complexity index is 1070. The Balaban J connectivity index is 2.14. The highest BCUT2D eigenvalue weighted by Gasteiger charge is 2.24. The molecule has 0 aliphatic carbocycles. The number of rotatable bonds is 5. The van der Waals surface area contributed by atoms with Crippen LogP contribution < -0.4 is 9.04 Å². The summed E-state index contributed by atoms with van der Waals surface area (Å²) in [7, 11) is -2.27. The van der Waals surface area contributed by atoms with Gasteiger partial charge in [-0.25, -0.2) is 13.4 Å². The second kappa shape index (κ2) is 7.31. The fourth-order valence-corrected chi connectivity index (χ4v) is 4.61. The van der Waals surface area contributed by atoms with Gasteiger partial charge >= 0.3 is 0 Å². The summed E-state index contributed by atoms with van der Waals surface area (Å²) >= 11 is 12.2. The number of pyridine rings is 1. The maximum absolute atomic E-state index is 13.2. The minimum absolute atomic E-state index is 0.112. The Morgan fingerprint density at radius 1 is 1.12 bits per heavy atom. The zero-order valence-electron chi connectivity index (χ0n) is 14.1. The summed E-state index contributed by atoms with van der Waals surface area (Å²) in [5, 5.41) is 1.75. The van der Waals surface area contributed by atoms with E-state index in [9.17, 15) is 8.42 Å². The van der Waals surface area contributed by atoms with E-state index in [1.807, 2.05) is 0 Å². The van der Waals surface area contributed by atoms with Crippen LogP contribution in [0.5, 0.6) is 5.75 Å². The highest BCUT2D eigenvalue weighted by molar-refractivity contribution is 7.92. The third-order valence-electron chi connectivity index (χ3n) is 3.98. The molecule has 1 aromatic heterocycles. The van der Waals surface area contributed by atoms with Crippen molar-refractivity contribution in [1.82, 2.24) is 4.98 Å². The molecule has 26 heavy (non-hydrogen) atoms. The molecule has 0 saturated heterocycles. The fraction of sp³-hybridized carbons (Fsp3) is 0.167. The number of aromatic nitrogens is 1. The van der Waals surface area contributed by atoms with E-state index in [-0.39, 0.29) is 16.6 Å². The maximum Gasteiger partial charge on any atom is 0.264 e. The molecule has 0 amide bonds. The van der Waals surface area contributed by atoms with Crippen molar-refractivity contribution in [2.24, 2.45) is 0 Å². The van der Waals surface area contributed by atoms with Crippen LogP contribution in [0.2, 0.25) is 10.2 Å². The van der Waals surface area contributed by atoms with Crippen LogP contribution in [0.4, 0.5) is 5.69 Å². The average Bonchev–Trinajstić information content (AvgIpc) is 2.65. The van der Waals surface area contributed by atoms with Crippen molar-refractivity contribution in [3.05, 3.63) is 58.8 Å². The topological polar surface area (TPSA) is 59.5 Å². The number of hydrogen-bond donors (Lipinski definition) is 0. The predicted molar refractivity (Wildman–Crippen MR) is 105 cm³/mol. The molecule has 0 spiro atoms. The Morgan fingerprint density at radius 3 is 2.58 bits per heavy atom. The van der Waals surface area contributed by atoms with E-state index in [4.69, 9.17) is 27.9 Å². The molecular formula is C18H16Cl2N2O3S. The van der Waals surface area contributed by atoms with Crippen molar-refractivity contribution in [2.45, 2.75) is 11.8 Å². The number of ether oxygens (including phenoxy) is 1. The van der Waals surface area contributed by atoms with E-state index < -0.39 is 10.0 Å². The standard InChI is InChI=1S/C18H16Cl2N2O3S/c1-3-22(12-5-4-6-13(9-12)25-2)26(23,24)14-7-8-15-16(10-14)18(20)21-11-17(15)19/h4-11H,3H2,1-2H3. The molecule has 0 aliphatic heterocycles. The number of benzene rings is 2. The minimum Gasteiger partial charge on any atom is -0.497 e. The van der Waals surface area contributed by atoms with Gasteiger partial charge in [-0.1, -0.05) is 35.3 Å². The molecule has 5 nitrogen and oxygen atoms in total. The summed E-state index contributed by atoms with van der Waals surface area (Å²) in [4.78, 5) is 4.10. The van der Waals surface area contributed by atoms with Crippen molar-refractivity contribution in [3.8, 4) is 5.75 Å². The van der Waals surface area contributed by atoms with Crippen LogP contribution in [0, 0.1) is 0 Å². The lowest BCUT2D eigenvalue weighted by molar-refractivity contribution is 0.415. The van der Waals surface area contributed by atoms with Gasteiger partial charge in [0.05, 0.1) is 22.7 Å². The van der Waals surface area contributed by atoms with Crippen LogP contribution >= 0.6 is 23.2 Å². The second-order valence-corrected chi connectivity index (χ2v) is 8.10. The number of methoxy groups -OCH3 is 1. The van der Waals surface area contributed by atoms with E-state index in [0.29, 0.717) is 27.2 Å². The fourth-order valence-electron chi connectivity index (χ4n) is 2.70. The van der Waals surface area contributed by atoms with Crippen LogP contribution in [-0.4, -0.2) is 27.1 Å². The predicted octanol–water partition coefficient (Wildman–Crippen LogP) is 4.77. The number of fused-ring (bicyclic) bond motifs is 1. The monoisotopic (exact) mass is 410 g/mol. The van der Waals surface area contributed by atoms with Gasteiger partial charge in [-0.2, -0.15) is 0 Å². The van der Waals surface area contributed by atoms with Crippen LogP contribution in [-0.2, 0) is 10.0 Å². The zero-order chi connectivity index (χ0) is 18.9. The molecule has 8 heteroatoms. The van der Waals surface area contributed by atoms with Gasteiger partial charge in [0.1, 0.15) is 10.9 Å². The number of anilines is 1. The minimum atomic E-state index is -3.80. The molecule has 1 heterocycles. The van der Waals surface area contributed by atoms with Crippen molar-refractivity contribution >= 4 is 49.7 Å². The lowest BCUT2D eigenvalue weighted by Gasteiger charge is -2.23. The van der Waals surface area contributed by atoms with Crippen LogP contribution in [0.1, 0.15) is 6.92 Å². The molecule has 0 aliphatic rings. The normalized spacial score (nSPS) is 11.5. The molecule has 3 rings (SSSR count). The SMILES string of the molecule is CCN(c1cccc(OC)c1)S(=O)(=O)c1ccc2c(Cl)cnc(Cl)c2c1. The first-order valence-corrected chi connectivity index (χ1v) is 9.98. The summed E-state index contributed by atoms with van der Waals surface area (Å²) in [6.07, 6.45) is 1.44. The molecule has 0 radical (unpaired) electrons. The number of nitrogens with zero attached hydrogens (tertiary/aromatic N) is 2. The van der Waals surface area contributed by atoms with Gasteiger partial charge in [0.15, 0.2) is 0 Å². The largest absolute Gasteiger partial charge is 0.497 e. The van der Waals surface area contributed by atoms with Crippen molar-refractivity contribution < 1.29 is 13.2 Å². The number of halogens is 2. The number of sulfonamides is 1. The van der Waals surface area contributed by atoms with Gasteiger partial charge in [-0.05, 0) is 31.2 Å². The van der Waals surface area contributed by atoms with E-state index in [1.165, 1.54) is 29.7 Å². The third kappa shape index (κ3) is 3.32. The van der Waals surface area contributed by atoms with E-state index >= 15 is 0 Å². The highest BCUT2D eigenvalue weighted by atomic mass is 35.5. The molecule has 136 valence electrons. The van der Waals surface area contributed by atoms with Crippen LogP contribution in [0.25, 0.3) is 10.8 Å². The Hall–Kier alpha value is -2.02. The molecule has 0 unspecified atom stereocenters. The molecule has 0 atom stereocenters. The first-order chi connectivity index (χ1) is 12.4.